The van der Waals surface area contributed by atoms with E-state index in [-0.39, 0.29) is 17.9 Å². The van der Waals surface area contributed by atoms with Crippen molar-refractivity contribution in [2.45, 2.75) is 32.7 Å². The van der Waals surface area contributed by atoms with Gasteiger partial charge < -0.3 is 14.3 Å². The molecule has 3 aromatic heterocycles. The molecule has 0 bridgehead atoms. The zero-order valence-electron chi connectivity index (χ0n) is 12.9. The van der Waals surface area contributed by atoms with Crippen LogP contribution in [0.25, 0.3) is 5.65 Å². The number of hydrogen-bond donors (Lipinski definition) is 1. The quantitative estimate of drug-likeness (QED) is 0.791. The molecule has 0 fully saturated rings. The van der Waals surface area contributed by atoms with Gasteiger partial charge in [-0.3, -0.25) is 4.79 Å². The molecule has 1 N–H and O–H groups in total. The lowest BCUT2D eigenvalue weighted by atomic mass is 10.2. The van der Waals surface area contributed by atoms with Gasteiger partial charge in [-0.15, -0.1) is 10.2 Å². The minimum atomic E-state index is -0.372. The third kappa shape index (κ3) is 2.36. The van der Waals surface area contributed by atoms with Crippen molar-refractivity contribution in [1.82, 2.24) is 29.7 Å². The molecule has 3 rings (SSSR count). The van der Waals surface area contributed by atoms with Gasteiger partial charge in [0, 0.05) is 25.4 Å². The van der Waals surface area contributed by atoms with Gasteiger partial charge in [-0.2, -0.15) is 5.10 Å². The number of nitrogens with one attached hydrogen (secondary N) is 1. The number of imidazole rings is 1. The van der Waals surface area contributed by atoms with Gasteiger partial charge in [0.1, 0.15) is 17.3 Å². The Hall–Kier alpha value is -2.64. The summed E-state index contributed by atoms with van der Waals surface area (Å²) in [5, 5.41) is 15.0. The van der Waals surface area contributed by atoms with Crippen LogP contribution in [0.15, 0.2) is 23.0 Å². The molecule has 116 valence electrons. The first-order valence-electron chi connectivity index (χ1n) is 7.10. The summed E-state index contributed by atoms with van der Waals surface area (Å²) in [5.74, 6) is 0.884. The van der Waals surface area contributed by atoms with Crippen molar-refractivity contribution >= 4 is 11.6 Å². The molecule has 0 aliphatic rings. The summed E-state index contributed by atoms with van der Waals surface area (Å²) < 4.78 is 9.06. The van der Waals surface area contributed by atoms with Gasteiger partial charge in [0.2, 0.25) is 11.8 Å². The summed E-state index contributed by atoms with van der Waals surface area (Å²) in [4.78, 5) is 12.4. The predicted octanol–water partition coefficient (Wildman–Crippen LogP) is 1.67. The highest BCUT2D eigenvalue weighted by Crippen LogP contribution is 2.18. The van der Waals surface area contributed by atoms with Crippen molar-refractivity contribution in [3.63, 3.8) is 0 Å². The SMILES string of the molecule is CC(C)c1nnc(C(C)NC(=O)c2cnn3ccn(C)c23)o1. The molecule has 0 aromatic carbocycles. The summed E-state index contributed by atoms with van der Waals surface area (Å²) in [6.45, 7) is 5.75. The Labute approximate surface area is 127 Å². The lowest BCUT2D eigenvalue weighted by Gasteiger charge is -2.09. The van der Waals surface area contributed by atoms with Crippen molar-refractivity contribution < 1.29 is 9.21 Å². The van der Waals surface area contributed by atoms with Gasteiger partial charge in [-0.1, -0.05) is 13.8 Å². The van der Waals surface area contributed by atoms with E-state index in [1.807, 2.05) is 31.7 Å². The maximum Gasteiger partial charge on any atom is 0.257 e. The number of amides is 1. The van der Waals surface area contributed by atoms with E-state index in [1.54, 1.807) is 23.8 Å². The Morgan fingerprint density at radius 2 is 1.95 bits per heavy atom. The molecule has 1 unspecified atom stereocenters. The molecular formula is C14H18N6O2. The maximum absolute atomic E-state index is 12.4. The van der Waals surface area contributed by atoms with Gasteiger partial charge in [0.05, 0.1) is 6.20 Å². The molecule has 0 radical (unpaired) electrons. The van der Waals surface area contributed by atoms with E-state index in [0.29, 0.717) is 17.3 Å². The molecule has 8 heteroatoms. The van der Waals surface area contributed by atoms with E-state index in [1.165, 1.54) is 0 Å². The number of rotatable bonds is 4. The third-order valence-electron chi connectivity index (χ3n) is 3.45. The molecule has 22 heavy (non-hydrogen) atoms. The number of carbonyl (C=O) groups is 1. The van der Waals surface area contributed by atoms with E-state index < -0.39 is 0 Å². The van der Waals surface area contributed by atoms with Gasteiger partial charge in [0.15, 0.2) is 0 Å². The third-order valence-corrected chi connectivity index (χ3v) is 3.45. The second-order valence-corrected chi connectivity index (χ2v) is 5.56. The van der Waals surface area contributed by atoms with Crippen LogP contribution in [0.5, 0.6) is 0 Å². The fourth-order valence-corrected chi connectivity index (χ4v) is 2.20. The number of aromatic nitrogens is 5. The van der Waals surface area contributed by atoms with Gasteiger partial charge in [-0.05, 0) is 6.92 Å². The number of aryl methyl sites for hydroxylation is 1. The molecule has 0 saturated heterocycles. The van der Waals surface area contributed by atoms with E-state index in [0.717, 1.165) is 5.65 Å². The van der Waals surface area contributed by atoms with Crippen LogP contribution in [0.1, 0.15) is 54.9 Å². The highest BCUT2D eigenvalue weighted by Gasteiger charge is 2.21. The highest BCUT2D eigenvalue weighted by molar-refractivity contribution is 5.99. The second kappa shape index (κ2) is 5.28. The van der Waals surface area contributed by atoms with Gasteiger partial charge >= 0.3 is 0 Å². The topological polar surface area (TPSA) is 90.3 Å². The van der Waals surface area contributed by atoms with Crippen molar-refractivity contribution in [3.05, 3.63) is 35.9 Å². The smallest absolute Gasteiger partial charge is 0.257 e. The van der Waals surface area contributed by atoms with E-state index >= 15 is 0 Å². The lowest BCUT2D eigenvalue weighted by molar-refractivity contribution is 0.0935. The molecule has 3 aromatic rings. The van der Waals surface area contributed by atoms with Crippen LogP contribution in [0.4, 0.5) is 0 Å². The summed E-state index contributed by atoms with van der Waals surface area (Å²) in [6, 6.07) is -0.372. The summed E-state index contributed by atoms with van der Waals surface area (Å²) >= 11 is 0. The largest absolute Gasteiger partial charge is 0.423 e. The standard InChI is InChI=1S/C14H18N6O2/c1-8(2)12-17-18-13(22-12)9(3)16-11(21)10-7-15-20-6-5-19(4)14(10)20/h5-9H,1-4H3,(H,16,21). The molecule has 1 atom stereocenters. The van der Waals surface area contributed by atoms with Crippen molar-refractivity contribution in [2.24, 2.45) is 7.05 Å². The molecule has 0 aliphatic heterocycles. The van der Waals surface area contributed by atoms with Crippen LogP contribution >= 0.6 is 0 Å². The molecule has 8 nitrogen and oxygen atoms in total. The first kappa shape index (κ1) is 14.3. The highest BCUT2D eigenvalue weighted by atomic mass is 16.4. The first-order valence-corrected chi connectivity index (χ1v) is 7.10. The first-order chi connectivity index (χ1) is 10.5. The Bertz CT molecular complexity index is 812. The molecule has 0 aliphatic carbocycles. The lowest BCUT2D eigenvalue weighted by Crippen LogP contribution is -2.27. The van der Waals surface area contributed by atoms with Gasteiger partial charge in [-0.25, -0.2) is 4.52 Å². The van der Waals surface area contributed by atoms with Crippen molar-refractivity contribution in [3.8, 4) is 0 Å². The molecular weight excluding hydrogens is 284 g/mol. The second-order valence-electron chi connectivity index (χ2n) is 5.56. The van der Waals surface area contributed by atoms with E-state index in [4.69, 9.17) is 4.42 Å². The molecule has 0 spiro atoms. The number of nitrogens with zero attached hydrogens (tertiary/aromatic N) is 5. The van der Waals surface area contributed by atoms with E-state index in [2.05, 4.69) is 20.6 Å². The van der Waals surface area contributed by atoms with Crippen LogP contribution in [-0.4, -0.2) is 30.3 Å². The van der Waals surface area contributed by atoms with E-state index in [9.17, 15) is 4.79 Å². The Balaban J connectivity index is 1.79. The fourth-order valence-electron chi connectivity index (χ4n) is 2.20. The van der Waals surface area contributed by atoms with Crippen molar-refractivity contribution in [2.75, 3.05) is 0 Å². The minimum absolute atomic E-state index is 0.155. The van der Waals surface area contributed by atoms with Crippen LogP contribution in [0.3, 0.4) is 0 Å². The number of carbonyl (C=O) groups excluding carboxylic acids is 1. The summed E-state index contributed by atoms with van der Waals surface area (Å²) in [6.07, 6.45) is 5.18. The Kier molecular flexibility index (Phi) is 3.44. The summed E-state index contributed by atoms with van der Waals surface area (Å²) in [7, 11) is 1.87. The van der Waals surface area contributed by atoms with Crippen LogP contribution in [0.2, 0.25) is 0 Å². The van der Waals surface area contributed by atoms with Crippen LogP contribution in [0, 0.1) is 0 Å². The van der Waals surface area contributed by atoms with Crippen molar-refractivity contribution in [1.29, 1.82) is 0 Å². The monoisotopic (exact) mass is 302 g/mol. The predicted molar refractivity (Wildman–Crippen MR) is 78.4 cm³/mol. The fraction of sp³-hybridized carbons (Fsp3) is 0.429. The average Bonchev–Trinajstić information content (AvgIpc) is 3.15. The zero-order valence-corrected chi connectivity index (χ0v) is 12.9. The molecule has 1 amide bonds. The maximum atomic E-state index is 12.4. The van der Waals surface area contributed by atoms with Crippen LogP contribution < -0.4 is 5.32 Å². The normalized spacial score (nSPS) is 13.0. The summed E-state index contributed by atoms with van der Waals surface area (Å²) in [5.41, 5.74) is 1.24. The zero-order chi connectivity index (χ0) is 15.9. The number of hydrogen-bond acceptors (Lipinski definition) is 5. The molecule has 3 heterocycles. The Morgan fingerprint density at radius 3 is 2.64 bits per heavy atom. The van der Waals surface area contributed by atoms with Crippen LogP contribution in [-0.2, 0) is 7.05 Å². The van der Waals surface area contributed by atoms with Gasteiger partial charge in [0.25, 0.3) is 5.91 Å². The number of fused-ring (bicyclic) bond motifs is 1. The minimum Gasteiger partial charge on any atom is -0.423 e. The Morgan fingerprint density at radius 1 is 1.23 bits per heavy atom. The average molecular weight is 302 g/mol. The molecule has 0 saturated carbocycles.